The van der Waals surface area contributed by atoms with Crippen molar-refractivity contribution in [1.29, 1.82) is 0 Å². The Morgan fingerprint density at radius 2 is 1.67 bits per heavy atom. The van der Waals surface area contributed by atoms with E-state index in [0.717, 1.165) is 33.8 Å². The minimum atomic E-state index is 0.704. The van der Waals surface area contributed by atoms with E-state index in [9.17, 15) is 0 Å². The van der Waals surface area contributed by atoms with Gasteiger partial charge in [-0.15, -0.1) is 0 Å². The summed E-state index contributed by atoms with van der Waals surface area (Å²) in [5, 5.41) is 1.41. The lowest BCUT2D eigenvalue weighted by molar-refractivity contribution is 0.974. The molecule has 0 saturated heterocycles. The Bertz CT molecular complexity index is 978. The predicted molar refractivity (Wildman–Crippen MR) is 99.3 cm³/mol. The zero-order chi connectivity index (χ0) is 16.5. The van der Waals surface area contributed by atoms with Gasteiger partial charge in [0, 0.05) is 10.6 Å². The molecule has 0 fully saturated rings. The summed E-state index contributed by atoms with van der Waals surface area (Å²) in [6.45, 7) is 0. The van der Waals surface area contributed by atoms with Gasteiger partial charge >= 0.3 is 0 Å². The van der Waals surface area contributed by atoms with Crippen molar-refractivity contribution in [3.63, 3.8) is 0 Å². The average Bonchev–Trinajstić information content (AvgIpc) is 3.06. The van der Waals surface area contributed by atoms with Gasteiger partial charge in [-0.1, -0.05) is 47.6 Å². The van der Waals surface area contributed by atoms with Crippen molar-refractivity contribution in [2.45, 2.75) is 5.16 Å². The van der Waals surface area contributed by atoms with E-state index >= 15 is 0 Å². The van der Waals surface area contributed by atoms with Crippen LogP contribution in [-0.2, 0) is 0 Å². The molecule has 0 aliphatic carbocycles. The molecule has 2 heterocycles. The first-order valence-corrected chi connectivity index (χ1v) is 8.97. The number of fused-ring (bicyclic) bond motifs is 1. The van der Waals surface area contributed by atoms with Crippen LogP contribution in [-0.4, -0.2) is 26.2 Å². The average molecular weight is 353 g/mol. The van der Waals surface area contributed by atoms with Gasteiger partial charge in [0.25, 0.3) is 0 Å². The first-order valence-electron chi connectivity index (χ1n) is 7.37. The number of thioether (sulfide) groups is 1. The summed E-state index contributed by atoms with van der Waals surface area (Å²) in [4.78, 5) is 17.1. The minimum absolute atomic E-state index is 0.704. The Kier molecular flexibility index (Phi) is 3.96. The Balaban J connectivity index is 1.85. The molecular weight excluding hydrogens is 340 g/mol. The lowest BCUT2D eigenvalue weighted by Gasteiger charge is -2.06. The number of hydrogen-bond donors (Lipinski definition) is 1. The highest BCUT2D eigenvalue weighted by Crippen LogP contribution is 2.27. The van der Waals surface area contributed by atoms with Gasteiger partial charge in [0.1, 0.15) is 5.69 Å². The lowest BCUT2D eigenvalue weighted by Crippen LogP contribution is -1.95. The number of imidazole rings is 1. The molecule has 0 spiro atoms. The monoisotopic (exact) mass is 352 g/mol. The molecule has 2 aromatic carbocycles. The maximum Gasteiger partial charge on any atom is 0.188 e. The van der Waals surface area contributed by atoms with Crippen molar-refractivity contribution in [3.05, 3.63) is 59.6 Å². The molecule has 24 heavy (non-hydrogen) atoms. The Morgan fingerprint density at radius 1 is 0.917 bits per heavy atom. The van der Waals surface area contributed by atoms with Gasteiger partial charge in [0.15, 0.2) is 11.0 Å². The molecule has 4 nitrogen and oxygen atoms in total. The number of rotatable bonds is 3. The van der Waals surface area contributed by atoms with Gasteiger partial charge in [0.05, 0.1) is 16.7 Å². The third-order valence-electron chi connectivity index (χ3n) is 3.66. The largest absolute Gasteiger partial charge is 0.337 e. The van der Waals surface area contributed by atoms with Gasteiger partial charge in [-0.05, 0) is 36.6 Å². The molecule has 0 aliphatic rings. The molecule has 0 saturated carbocycles. The van der Waals surface area contributed by atoms with E-state index in [0.29, 0.717) is 10.2 Å². The number of halogens is 1. The fourth-order valence-corrected chi connectivity index (χ4v) is 2.99. The summed E-state index contributed by atoms with van der Waals surface area (Å²) in [5.41, 5.74) is 4.53. The van der Waals surface area contributed by atoms with E-state index in [-0.39, 0.29) is 0 Å². The van der Waals surface area contributed by atoms with Crippen LogP contribution in [0.5, 0.6) is 0 Å². The number of benzene rings is 2. The maximum atomic E-state index is 5.98. The minimum Gasteiger partial charge on any atom is -0.337 e. The Labute approximate surface area is 148 Å². The van der Waals surface area contributed by atoms with Crippen molar-refractivity contribution >= 4 is 34.4 Å². The summed E-state index contributed by atoms with van der Waals surface area (Å²) in [6, 6.07) is 17.5. The zero-order valence-electron chi connectivity index (χ0n) is 12.8. The number of para-hydroxylation sites is 2. The number of hydrogen-bond acceptors (Lipinski definition) is 4. The quantitative estimate of drug-likeness (QED) is 0.413. The first kappa shape index (κ1) is 15.2. The molecule has 6 heteroatoms. The van der Waals surface area contributed by atoms with Crippen molar-refractivity contribution in [3.8, 4) is 22.8 Å². The van der Waals surface area contributed by atoms with Gasteiger partial charge in [-0.25, -0.2) is 15.0 Å². The van der Waals surface area contributed by atoms with Crippen molar-refractivity contribution < 1.29 is 0 Å². The molecule has 4 rings (SSSR count). The van der Waals surface area contributed by atoms with E-state index in [2.05, 4.69) is 19.9 Å². The fourth-order valence-electron chi connectivity index (χ4n) is 2.48. The van der Waals surface area contributed by atoms with Crippen LogP contribution >= 0.6 is 23.4 Å². The molecule has 1 N–H and O–H groups in total. The lowest BCUT2D eigenvalue weighted by atomic mass is 10.1. The first-order chi connectivity index (χ1) is 11.7. The second-order valence-electron chi connectivity index (χ2n) is 5.23. The topological polar surface area (TPSA) is 54.5 Å². The fraction of sp³-hybridized carbons (Fsp3) is 0.0556. The normalized spacial score (nSPS) is 11.1. The van der Waals surface area contributed by atoms with Crippen LogP contribution < -0.4 is 0 Å². The van der Waals surface area contributed by atoms with E-state index in [1.54, 1.807) is 0 Å². The van der Waals surface area contributed by atoms with Crippen molar-refractivity contribution in [2.24, 2.45) is 0 Å². The molecule has 0 unspecified atom stereocenters. The molecule has 0 amide bonds. The van der Waals surface area contributed by atoms with E-state index in [4.69, 9.17) is 11.6 Å². The zero-order valence-corrected chi connectivity index (χ0v) is 14.4. The molecule has 2 aromatic heterocycles. The number of aromatic nitrogens is 4. The summed E-state index contributed by atoms with van der Waals surface area (Å²) in [6.07, 6.45) is 1.96. The summed E-state index contributed by atoms with van der Waals surface area (Å²) in [7, 11) is 0. The molecule has 4 aromatic rings. The number of nitrogens with zero attached hydrogens (tertiary/aromatic N) is 3. The van der Waals surface area contributed by atoms with Gasteiger partial charge in [-0.3, -0.25) is 0 Å². The van der Waals surface area contributed by atoms with Crippen LogP contribution in [0.3, 0.4) is 0 Å². The molecule has 0 radical (unpaired) electrons. The van der Waals surface area contributed by atoms with E-state index < -0.39 is 0 Å². The van der Waals surface area contributed by atoms with Gasteiger partial charge < -0.3 is 4.98 Å². The third kappa shape index (κ3) is 2.88. The highest BCUT2D eigenvalue weighted by molar-refractivity contribution is 7.98. The second kappa shape index (κ2) is 6.26. The van der Waals surface area contributed by atoms with Crippen LogP contribution in [0.4, 0.5) is 0 Å². The highest BCUT2D eigenvalue weighted by atomic mass is 35.5. The van der Waals surface area contributed by atoms with Gasteiger partial charge in [0.2, 0.25) is 0 Å². The van der Waals surface area contributed by atoms with Crippen molar-refractivity contribution in [1.82, 2.24) is 19.9 Å². The second-order valence-corrected chi connectivity index (χ2v) is 6.44. The van der Waals surface area contributed by atoms with Crippen LogP contribution in [0.25, 0.3) is 33.8 Å². The standard InChI is InChI=1S/C18H13ClN4S/c1-24-18-22-15(11-6-8-12(19)9-7-11)10-16(23-18)17-20-13-4-2-3-5-14(13)21-17/h2-10H,1H3,(H,20,21). The van der Waals surface area contributed by atoms with Crippen LogP contribution in [0.15, 0.2) is 59.8 Å². The summed E-state index contributed by atoms with van der Waals surface area (Å²) >= 11 is 7.48. The third-order valence-corrected chi connectivity index (χ3v) is 4.46. The molecule has 118 valence electrons. The number of H-pyrrole nitrogens is 1. The molecular formula is C18H13ClN4S. The molecule has 0 bridgehead atoms. The predicted octanol–water partition coefficient (Wildman–Crippen LogP) is 5.06. The maximum absolute atomic E-state index is 5.98. The van der Waals surface area contributed by atoms with Crippen LogP contribution in [0.1, 0.15) is 0 Å². The summed E-state index contributed by atoms with van der Waals surface area (Å²) in [5.74, 6) is 0.740. The Hall–Kier alpha value is -2.37. The molecule has 0 atom stereocenters. The van der Waals surface area contributed by atoms with Crippen molar-refractivity contribution in [2.75, 3.05) is 6.26 Å². The number of nitrogens with one attached hydrogen (secondary N) is 1. The summed E-state index contributed by atoms with van der Waals surface area (Å²) < 4.78 is 0. The van der Waals surface area contributed by atoms with Crippen LogP contribution in [0, 0.1) is 0 Å². The highest BCUT2D eigenvalue weighted by Gasteiger charge is 2.11. The number of aromatic amines is 1. The van der Waals surface area contributed by atoms with E-state index in [1.165, 1.54) is 11.8 Å². The molecule has 0 aliphatic heterocycles. The SMILES string of the molecule is CSc1nc(-c2ccc(Cl)cc2)cc(-c2nc3ccccc3[nH]2)n1. The smallest absolute Gasteiger partial charge is 0.188 e. The Morgan fingerprint density at radius 3 is 2.42 bits per heavy atom. The van der Waals surface area contributed by atoms with Crippen LogP contribution in [0.2, 0.25) is 5.02 Å². The van der Waals surface area contributed by atoms with Gasteiger partial charge in [-0.2, -0.15) is 0 Å². The van der Waals surface area contributed by atoms with E-state index in [1.807, 2.05) is 60.9 Å².